The number of nitrogens with one attached hydrogen (secondary N) is 2. The fourth-order valence-corrected chi connectivity index (χ4v) is 2.19. The van der Waals surface area contributed by atoms with Crippen molar-refractivity contribution >= 4 is 51.9 Å². The number of anilines is 3. The number of nitriles is 1. The van der Waals surface area contributed by atoms with Crippen LogP contribution in [0.15, 0.2) is 48.2 Å². The van der Waals surface area contributed by atoms with Gasteiger partial charge in [0, 0.05) is 24.0 Å². The number of amides is 1. The highest BCUT2D eigenvalue weighted by Gasteiger charge is 2.12. The Balaban J connectivity index is 2.18. The minimum absolute atomic E-state index is 0.178. The van der Waals surface area contributed by atoms with Crippen LogP contribution in [0.1, 0.15) is 0 Å². The average molecular weight is 392 g/mol. The maximum Gasteiger partial charge on any atom is 0.271 e. The van der Waals surface area contributed by atoms with Gasteiger partial charge < -0.3 is 16.4 Å². The first-order chi connectivity index (χ1) is 12.3. The number of non-ortho nitro benzene ring substituents is 1. The van der Waals surface area contributed by atoms with Gasteiger partial charge in [0.25, 0.3) is 11.6 Å². The van der Waals surface area contributed by atoms with Crippen LogP contribution < -0.4 is 16.4 Å². The highest BCUT2D eigenvalue weighted by Crippen LogP contribution is 2.27. The molecule has 4 N–H and O–H groups in total. The van der Waals surface area contributed by atoms with Crippen LogP contribution >= 0.6 is 23.2 Å². The summed E-state index contributed by atoms with van der Waals surface area (Å²) in [6, 6.07) is 9.96. The van der Waals surface area contributed by atoms with Crippen LogP contribution in [0.4, 0.5) is 22.7 Å². The maximum absolute atomic E-state index is 12.2. The molecule has 0 unspecified atom stereocenters. The van der Waals surface area contributed by atoms with E-state index in [9.17, 15) is 14.9 Å². The fraction of sp³-hybridized carbons (Fsp3) is 0. The van der Waals surface area contributed by atoms with Crippen LogP contribution in [-0.4, -0.2) is 10.8 Å². The number of halogens is 2. The molecule has 0 radical (unpaired) electrons. The number of carbonyl (C=O) groups is 1. The second-order valence-corrected chi connectivity index (χ2v) is 5.74. The van der Waals surface area contributed by atoms with Crippen LogP contribution in [0.2, 0.25) is 10.0 Å². The number of hydrogen-bond donors (Lipinski definition) is 3. The summed E-state index contributed by atoms with van der Waals surface area (Å²) >= 11 is 11.8. The second-order valence-electron chi connectivity index (χ2n) is 4.93. The van der Waals surface area contributed by atoms with E-state index in [-0.39, 0.29) is 27.0 Å². The van der Waals surface area contributed by atoms with Crippen molar-refractivity contribution in [2.45, 2.75) is 0 Å². The normalized spacial score (nSPS) is 10.7. The highest BCUT2D eigenvalue weighted by atomic mass is 35.5. The third-order valence-electron chi connectivity index (χ3n) is 3.16. The number of hydrogen-bond acceptors (Lipinski definition) is 6. The summed E-state index contributed by atoms with van der Waals surface area (Å²) in [5.41, 5.74) is 6.00. The first kappa shape index (κ1) is 19.1. The predicted octanol–water partition coefficient (Wildman–Crippen LogP) is 3.94. The molecule has 132 valence electrons. The molecule has 1 amide bonds. The van der Waals surface area contributed by atoms with E-state index >= 15 is 0 Å². The number of nitro groups is 1. The van der Waals surface area contributed by atoms with E-state index in [1.165, 1.54) is 36.4 Å². The van der Waals surface area contributed by atoms with Crippen molar-refractivity contribution in [3.63, 3.8) is 0 Å². The predicted molar refractivity (Wildman–Crippen MR) is 99.9 cm³/mol. The Morgan fingerprint density at radius 3 is 2.58 bits per heavy atom. The molecule has 10 heteroatoms. The molecule has 0 aromatic heterocycles. The van der Waals surface area contributed by atoms with Gasteiger partial charge in [-0.25, -0.2) is 0 Å². The second kappa shape index (κ2) is 8.20. The lowest BCUT2D eigenvalue weighted by Gasteiger charge is -2.07. The van der Waals surface area contributed by atoms with E-state index < -0.39 is 10.8 Å². The Bertz CT molecular complexity index is 953. The largest absolute Gasteiger partial charge is 0.398 e. The molecule has 0 fully saturated rings. The monoisotopic (exact) mass is 391 g/mol. The topological polar surface area (TPSA) is 134 Å². The van der Waals surface area contributed by atoms with Gasteiger partial charge in [-0.3, -0.25) is 14.9 Å². The van der Waals surface area contributed by atoms with Gasteiger partial charge in [0.05, 0.1) is 26.3 Å². The Hall–Kier alpha value is -3.28. The molecule has 0 aliphatic heterocycles. The molecule has 2 aromatic rings. The zero-order valence-corrected chi connectivity index (χ0v) is 14.5. The molecule has 26 heavy (non-hydrogen) atoms. The number of benzene rings is 2. The number of nitrogens with two attached hydrogens (primary N) is 1. The van der Waals surface area contributed by atoms with E-state index in [0.717, 1.165) is 6.20 Å². The molecule has 0 aliphatic carbocycles. The van der Waals surface area contributed by atoms with Crippen molar-refractivity contribution in [1.82, 2.24) is 0 Å². The standard InChI is InChI=1S/C16H11Cl2N5O3/c17-12-3-2-11(23(25)26)6-15(12)21-8-9(7-19)16(24)22-10-1-4-14(20)13(18)5-10/h1-6,8,21H,20H2,(H,22,24)/b9-8-. The summed E-state index contributed by atoms with van der Waals surface area (Å²) in [6.45, 7) is 0. The van der Waals surface area contributed by atoms with Gasteiger partial charge in [0.2, 0.25) is 0 Å². The van der Waals surface area contributed by atoms with Gasteiger partial charge in [0.15, 0.2) is 0 Å². The van der Waals surface area contributed by atoms with E-state index in [4.69, 9.17) is 34.2 Å². The van der Waals surface area contributed by atoms with Crippen molar-refractivity contribution in [2.75, 3.05) is 16.4 Å². The van der Waals surface area contributed by atoms with Crippen molar-refractivity contribution < 1.29 is 9.72 Å². The Morgan fingerprint density at radius 2 is 1.96 bits per heavy atom. The summed E-state index contributed by atoms with van der Waals surface area (Å²) in [4.78, 5) is 22.4. The van der Waals surface area contributed by atoms with Gasteiger partial charge in [0.1, 0.15) is 11.6 Å². The molecule has 0 heterocycles. The summed E-state index contributed by atoms with van der Waals surface area (Å²) in [5, 5.41) is 25.5. The minimum atomic E-state index is -0.706. The molecule has 0 aliphatic rings. The fourth-order valence-electron chi connectivity index (χ4n) is 1.84. The quantitative estimate of drug-likeness (QED) is 0.232. The number of carbonyl (C=O) groups excluding carboxylic acids is 1. The molecule has 8 nitrogen and oxygen atoms in total. The third-order valence-corrected chi connectivity index (χ3v) is 3.81. The van der Waals surface area contributed by atoms with Gasteiger partial charge in [-0.2, -0.15) is 5.26 Å². The number of nitrogen functional groups attached to an aromatic ring is 1. The molecular weight excluding hydrogens is 381 g/mol. The molecule has 0 saturated carbocycles. The zero-order valence-electron chi connectivity index (χ0n) is 13.0. The molecule has 0 saturated heterocycles. The van der Waals surface area contributed by atoms with Crippen LogP contribution in [0.25, 0.3) is 0 Å². The first-order valence-corrected chi connectivity index (χ1v) is 7.74. The van der Waals surface area contributed by atoms with Gasteiger partial charge >= 0.3 is 0 Å². The minimum Gasteiger partial charge on any atom is -0.398 e. The van der Waals surface area contributed by atoms with E-state index in [2.05, 4.69) is 10.6 Å². The molecule has 0 spiro atoms. The van der Waals surface area contributed by atoms with E-state index in [1.54, 1.807) is 6.07 Å². The van der Waals surface area contributed by atoms with Crippen LogP contribution in [-0.2, 0) is 4.79 Å². The van der Waals surface area contributed by atoms with Crippen molar-refractivity contribution in [3.05, 3.63) is 68.3 Å². The van der Waals surface area contributed by atoms with Crippen molar-refractivity contribution in [1.29, 1.82) is 5.26 Å². The SMILES string of the molecule is N#C/C(=C/Nc1cc([N+](=O)[O-])ccc1Cl)C(=O)Nc1ccc(N)c(Cl)c1. The Kier molecular flexibility index (Phi) is 6.01. The highest BCUT2D eigenvalue weighted by molar-refractivity contribution is 6.33. The number of nitro benzene ring substituents is 1. The van der Waals surface area contributed by atoms with Gasteiger partial charge in [-0.05, 0) is 24.3 Å². The maximum atomic E-state index is 12.2. The summed E-state index contributed by atoms with van der Waals surface area (Å²) in [6.07, 6.45) is 1.10. The van der Waals surface area contributed by atoms with Crippen LogP contribution in [0.5, 0.6) is 0 Å². The van der Waals surface area contributed by atoms with Crippen molar-refractivity contribution in [2.24, 2.45) is 0 Å². The van der Waals surface area contributed by atoms with Crippen LogP contribution in [0.3, 0.4) is 0 Å². The molecule has 2 aromatic carbocycles. The molecule has 2 rings (SSSR count). The van der Waals surface area contributed by atoms with Crippen molar-refractivity contribution in [3.8, 4) is 6.07 Å². The summed E-state index contributed by atoms with van der Waals surface area (Å²) < 4.78 is 0. The molecule has 0 atom stereocenters. The van der Waals surface area contributed by atoms with Crippen LogP contribution in [0, 0.1) is 21.4 Å². The lowest BCUT2D eigenvalue weighted by Crippen LogP contribution is -2.14. The number of nitrogens with zero attached hydrogens (tertiary/aromatic N) is 2. The molecular formula is C16H11Cl2N5O3. The third kappa shape index (κ3) is 4.63. The van der Waals surface area contributed by atoms with Gasteiger partial charge in [-0.15, -0.1) is 0 Å². The summed E-state index contributed by atoms with van der Waals surface area (Å²) in [5.74, 6) is -0.706. The van der Waals surface area contributed by atoms with Gasteiger partial charge in [-0.1, -0.05) is 23.2 Å². The first-order valence-electron chi connectivity index (χ1n) is 6.99. The lowest BCUT2D eigenvalue weighted by molar-refractivity contribution is -0.384. The Morgan fingerprint density at radius 1 is 1.23 bits per heavy atom. The zero-order chi connectivity index (χ0) is 19.3. The lowest BCUT2D eigenvalue weighted by atomic mass is 10.2. The molecule has 0 bridgehead atoms. The van der Waals surface area contributed by atoms with E-state index in [1.807, 2.05) is 0 Å². The average Bonchev–Trinajstić information content (AvgIpc) is 2.60. The number of rotatable bonds is 5. The van der Waals surface area contributed by atoms with E-state index in [0.29, 0.717) is 11.4 Å². The smallest absolute Gasteiger partial charge is 0.271 e. The summed E-state index contributed by atoms with van der Waals surface area (Å²) in [7, 11) is 0. The Labute approximate surface area is 158 Å².